The zero-order valence-corrected chi connectivity index (χ0v) is 9.06. The number of likely N-dealkylation sites (tertiary alicyclic amines) is 1. The number of hydrogen-bond acceptors (Lipinski definition) is 4. The quantitative estimate of drug-likeness (QED) is 0.484. The van der Waals surface area contributed by atoms with Crippen LogP contribution in [-0.4, -0.2) is 49.2 Å². The minimum absolute atomic E-state index is 0.117. The van der Waals surface area contributed by atoms with Crippen LogP contribution in [0.5, 0.6) is 0 Å². The van der Waals surface area contributed by atoms with Crippen molar-refractivity contribution >= 4 is 11.9 Å². The van der Waals surface area contributed by atoms with Crippen LogP contribution < -0.4 is 0 Å². The van der Waals surface area contributed by atoms with E-state index in [-0.39, 0.29) is 18.5 Å². The molecule has 86 valence electrons. The summed E-state index contributed by atoms with van der Waals surface area (Å²) in [6.45, 7) is 4.61. The van der Waals surface area contributed by atoms with E-state index >= 15 is 0 Å². The molecular formula is C11H13NO4. The third kappa shape index (κ3) is 1.63. The molecule has 1 saturated heterocycles. The number of rotatable bonds is 2. The van der Waals surface area contributed by atoms with Gasteiger partial charge in [-0.25, -0.2) is 4.79 Å². The van der Waals surface area contributed by atoms with Crippen molar-refractivity contribution in [3.63, 3.8) is 0 Å². The Hall–Kier alpha value is -1.62. The fourth-order valence-electron chi connectivity index (χ4n) is 1.94. The molecule has 16 heavy (non-hydrogen) atoms. The maximum Gasteiger partial charge on any atom is 0.335 e. The van der Waals surface area contributed by atoms with Gasteiger partial charge in [-0.1, -0.05) is 6.58 Å². The van der Waals surface area contributed by atoms with Crippen molar-refractivity contribution in [2.24, 2.45) is 0 Å². The molecule has 0 N–H and O–H groups in total. The molecule has 0 aliphatic carbocycles. The van der Waals surface area contributed by atoms with Crippen LogP contribution >= 0.6 is 0 Å². The molecule has 0 atom stereocenters. The second kappa shape index (κ2) is 3.75. The molecule has 0 bridgehead atoms. The maximum absolute atomic E-state index is 11.2. The Bertz CT molecular complexity index is 379. The molecule has 1 spiro atoms. The lowest BCUT2D eigenvalue weighted by Crippen LogP contribution is -2.62. The van der Waals surface area contributed by atoms with Crippen molar-refractivity contribution in [2.45, 2.75) is 5.60 Å². The first-order valence-electron chi connectivity index (χ1n) is 4.95. The minimum atomic E-state index is -0.484. The second-order valence-electron chi connectivity index (χ2n) is 3.91. The fourth-order valence-corrected chi connectivity index (χ4v) is 1.94. The van der Waals surface area contributed by atoms with Gasteiger partial charge in [0.15, 0.2) is 0 Å². The summed E-state index contributed by atoms with van der Waals surface area (Å²) >= 11 is 0. The molecule has 1 amide bonds. The summed E-state index contributed by atoms with van der Waals surface area (Å²) in [4.78, 5) is 24.1. The summed E-state index contributed by atoms with van der Waals surface area (Å²) in [5, 5.41) is 0. The van der Waals surface area contributed by atoms with Crippen molar-refractivity contribution in [1.82, 2.24) is 4.90 Å². The SMILES string of the molecule is C=CC(=O)N1CC2(C=C(C(=O)OC)CO2)C1. The lowest BCUT2D eigenvalue weighted by Gasteiger charge is -2.45. The van der Waals surface area contributed by atoms with E-state index in [1.807, 2.05) is 0 Å². The van der Waals surface area contributed by atoms with E-state index in [0.29, 0.717) is 18.7 Å². The van der Waals surface area contributed by atoms with Gasteiger partial charge in [0.2, 0.25) is 5.91 Å². The highest BCUT2D eigenvalue weighted by atomic mass is 16.5. The Balaban J connectivity index is 2.00. The third-order valence-electron chi connectivity index (χ3n) is 2.80. The summed E-state index contributed by atoms with van der Waals surface area (Å²) in [5.41, 5.74) is 0.0375. The van der Waals surface area contributed by atoms with E-state index in [4.69, 9.17) is 4.74 Å². The minimum Gasteiger partial charge on any atom is -0.466 e. The molecular weight excluding hydrogens is 210 g/mol. The van der Waals surface area contributed by atoms with Crippen molar-refractivity contribution in [3.05, 3.63) is 24.3 Å². The number of carbonyl (C=O) groups excluding carboxylic acids is 2. The smallest absolute Gasteiger partial charge is 0.335 e. The first-order chi connectivity index (χ1) is 7.60. The first kappa shape index (κ1) is 10.9. The van der Waals surface area contributed by atoms with Crippen molar-refractivity contribution in [3.8, 4) is 0 Å². The van der Waals surface area contributed by atoms with Crippen molar-refractivity contribution in [1.29, 1.82) is 0 Å². The average Bonchev–Trinajstić information content (AvgIpc) is 2.70. The molecule has 5 heteroatoms. The largest absolute Gasteiger partial charge is 0.466 e. The maximum atomic E-state index is 11.2. The van der Waals surface area contributed by atoms with Crippen LogP contribution in [0.2, 0.25) is 0 Å². The molecule has 2 heterocycles. The van der Waals surface area contributed by atoms with Crippen LogP contribution in [0, 0.1) is 0 Å². The van der Waals surface area contributed by atoms with Gasteiger partial charge in [0.05, 0.1) is 32.4 Å². The van der Waals surface area contributed by atoms with Gasteiger partial charge in [-0.15, -0.1) is 0 Å². The molecule has 0 aromatic rings. The standard InChI is InChI=1S/C11H13NO4/c1-3-9(13)12-6-11(7-12)4-8(5-16-11)10(14)15-2/h3-4H,1,5-7H2,2H3. The average molecular weight is 223 g/mol. The summed E-state index contributed by atoms with van der Waals surface area (Å²) in [7, 11) is 1.34. The zero-order valence-electron chi connectivity index (χ0n) is 9.06. The van der Waals surface area contributed by atoms with E-state index in [2.05, 4.69) is 11.3 Å². The molecule has 1 fully saturated rings. The fraction of sp³-hybridized carbons (Fsp3) is 0.455. The lowest BCUT2D eigenvalue weighted by molar-refractivity contribution is -0.148. The van der Waals surface area contributed by atoms with Gasteiger partial charge in [-0.2, -0.15) is 0 Å². The van der Waals surface area contributed by atoms with Crippen molar-refractivity contribution < 1.29 is 19.1 Å². The van der Waals surface area contributed by atoms with Crippen LogP contribution in [0.15, 0.2) is 24.3 Å². The predicted molar refractivity (Wildman–Crippen MR) is 55.6 cm³/mol. The van der Waals surface area contributed by atoms with Crippen molar-refractivity contribution in [2.75, 3.05) is 26.8 Å². The normalized spacial score (nSPS) is 21.3. The third-order valence-corrected chi connectivity index (χ3v) is 2.80. The first-order valence-corrected chi connectivity index (χ1v) is 4.95. The van der Waals surface area contributed by atoms with Crippen LogP contribution in [0.4, 0.5) is 0 Å². The number of ether oxygens (including phenoxy) is 2. The summed E-state index contributed by atoms with van der Waals surface area (Å²) in [5.74, 6) is -0.487. The van der Waals surface area contributed by atoms with Crippen LogP contribution in [0.25, 0.3) is 0 Å². The van der Waals surface area contributed by atoms with Crippen LogP contribution in [0.3, 0.4) is 0 Å². The Kier molecular flexibility index (Phi) is 2.55. The topological polar surface area (TPSA) is 55.8 Å². The molecule has 0 aromatic carbocycles. The number of esters is 1. The van der Waals surface area contributed by atoms with E-state index in [1.165, 1.54) is 13.2 Å². The molecule has 2 rings (SSSR count). The Labute approximate surface area is 93.3 Å². The highest BCUT2D eigenvalue weighted by molar-refractivity contribution is 5.90. The molecule has 2 aliphatic rings. The van der Waals surface area contributed by atoms with E-state index in [0.717, 1.165) is 0 Å². The number of methoxy groups -OCH3 is 1. The molecule has 5 nitrogen and oxygen atoms in total. The van der Waals surface area contributed by atoms with Gasteiger partial charge in [0, 0.05) is 0 Å². The lowest BCUT2D eigenvalue weighted by atomic mass is 9.93. The predicted octanol–water partition coefficient (Wildman–Crippen LogP) is -0.117. The molecule has 0 aromatic heterocycles. The summed E-state index contributed by atoms with van der Waals surface area (Å²) in [6, 6.07) is 0. The van der Waals surface area contributed by atoms with Crippen LogP contribution in [-0.2, 0) is 19.1 Å². The van der Waals surface area contributed by atoms with E-state index in [1.54, 1.807) is 11.0 Å². The van der Waals surface area contributed by atoms with Gasteiger partial charge in [0.1, 0.15) is 5.60 Å². The van der Waals surface area contributed by atoms with E-state index in [9.17, 15) is 9.59 Å². The number of hydrogen-bond donors (Lipinski definition) is 0. The van der Waals surface area contributed by atoms with Gasteiger partial charge in [-0.3, -0.25) is 4.79 Å². The van der Waals surface area contributed by atoms with Gasteiger partial charge in [-0.05, 0) is 12.2 Å². The Morgan fingerprint density at radius 1 is 1.62 bits per heavy atom. The van der Waals surface area contributed by atoms with Gasteiger partial charge >= 0.3 is 5.97 Å². The Morgan fingerprint density at radius 2 is 2.31 bits per heavy atom. The van der Waals surface area contributed by atoms with Gasteiger partial charge in [0.25, 0.3) is 0 Å². The summed E-state index contributed by atoms with van der Waals surface area (Å²) in [6.07, 6.45) is 3.03. The highest BCUT2D eigenvalue weighted by Gasteiger charge is 2.48. The van der Waals surface area contributed by atoms with E-state index < -0.39 is 5.60 Å². The van der Waals surface area contributed by atoms with Gasteiger partial charge < -0.3 is 14.4 Å². The molecule has 0 radical (unpaired) electrons. The Morgan fingerprint density at radius 3 is 2.88 bits per heavy atom. The number of carbonyl (C=O) groups is 2. The number of amides is 1. The molecule has 0 saturated carbocycles. The number of nitrogens with zero attached hydrogens (tertiary/aromatic N) is 1. The monoisotopic (exact) mass is 223 g/mol. The highest BCUT2D eigenvalue weighted by Crippen LogP contribution is 2.33. The molecule has 2 aliphatic heterocycles. The summed E-state index contributed by atoms with van der Waals surface area (Å²) < 4.78 is 10.1. The zero-order chi connectivity index (χ0) is 11.8. The second-order valence-corrected chi connectivity index (χ2v) is 3.91. The molecule has 0 unspecified atom stereocenters. The van der Waals surface area contributed by atoms with Crippen LogP contribution in [0.1, 0.15) is 0 Å².